The first kappa shape index (κ1) is 17.7. The maximum atomic E-state index is 12.1. The van der Waals surface area contributed by atoms with Crippen molar-refractivity contribution in [2.45, 2.75) is 45.3 Å². The molecule has 0 aromatic rings. The molecule has 0 spiro atoms. The van der Waals surface area contributed by atoms with Gasteiger partial charge in [-0.1, -0.05) is 0 Å². The Morgan fingerprint density at radius 1 is 1.52 bits per heavy atom. The molecule has 1 aliphatic rings. The van der Waals surface area contributed by atoms with Crippen LogP contribution in [0, 0.1) is 0 Å². The summed E-state index contributed by atoms with van der Waals surface area (Å²) in [5.74, 6) is 0. The van der Waals surface area contributed by atoms with Gasteiger partial charge in [0.2, 0.25) is 0 Å². The van der Waals surface area contributed by atoms with Crippen molar-refractivity contribution in [3.8, 4) is 0 Å². The standard InChI is InChI=1S/C14H26N4O2S/c1-14(2,3)20-13(19)18-8-6-7-11(18)9-15-12(21)16-10-17(4)5/h10-11H,6-9H2,1-5H3,(H,15,21). The molecule has 6 nitrogen and oxygen atoms in total. The third-order valence-electron chi connectivity index (χ3n) is 2.90. The Morgan fingerprint density at radius 2 is 2.19 bits per heavy atom. The fourth-order valence-electron chi connectivity index (χ4n) is 2.03. The molecular weight excluding hydrogens is 288 g/mol. The van der Waals surface area contributed by atoms with Gasteiger partial charge in [0, 0.05) is 27.2 Å². The van der Waals surface area contributed by atoms with Crippen LogP contribution in [0.3, 0.4) is 0 Å². The molecule has 0 aromatic carbocycles. The zero-order valence-corrected chi connectivity index (χ0v) is 14.4. The minimum absolute atomic E-state index is 0.104. The lowest BCUT2D eigenvalue weighted by molar-refractivity contribution is 0.0229. The van der Waals surface area contributed by atoms with Crippen LogP contribution in [0.15, 0.2) is 4.99 Å². The van der Waals surface area contributed by atoms with Crippen LogP contribution >= 0.6 is 12.2 Å². The number of ether oxygens (including phenoxy) is 1. The van der Waals surface area contributed by atoms with Crippen molar-refractivity contribution in [3.63, 3.8) is 0 Å². The number of thiocarbonyl (C=S) groups is 1. The molecule has 7 heteroatoms. The van der Waals surface area contributed by atoms with Crippen molar-refractivity contribution in [2.75, 3.05) is 27.2 Å². The van der Waals surface area contributed by atoms with Crippen LogP contribution in [0.5, 0.6) is 0 Å². The van der Waals surface area contributed by atoms with Gasteiger partial charge < -0.3 is 19.9 Å². The van der Waals surface area contributed by atoms with Crippen LogP contribution < -0.4 is 5.32 Å². The van der Waals surface area contributed by atoms with Crippen molar-refractivity contribution in [1.82, 2.24) is 15.1 Å². The molecule has 21 heavy (non-hydrogen) atoms. The number of rotatable bonds is 3. The van der Waals surface area contributed by atoms with E-state index in [0.29, 0.717) is 11.7 Å². The highest BCUT2D eigenvalue weighted by atomic mass is 32.1. The van der Waals surface area contributed by atoms with Crippen molar-refractivity contribution < 1.29 is 9.53 Å². The van der Waals surface area contributed by atoms with Gasteiger partial charge in [-0.15, -0.1) is 0 Å². The Labute approximate surface area is 132 Å². The normalized spacial score (nSPS) is 18.9. The SMILES string of the molecule is CN(C)C=NC(=S)NCC1CCCN1C(=O)OC(C)(C)C. The average molecular weight is 314 g/mol. The molecule has 0 bridgehead atoms. The second-order valence-electron chi connectivity index (χ2n) is 6.36. The van der Waals surface area contributed by atoms with Gasteiger partial charge in [0.15, 0.2) is 5.11 Å². The molecule has 1 rings (SSSR count). The molecule has 1 atom stereocenters. The smallest absolute Gasteiger partial charge is 0.410 e. The first-order valence-corrected chi connectivity index (χ1v) is 7.58. The molecule has 1 N–H and O–H groups in total. The van der Waals surface area contributed by atoms with E-state index in [2.05, 4.69) is 10.3 Å². The fraction of sp³-hybridized carbons (Fsp3) is 0.786. The second kappa shape index (κ2) is 7.59. The highest BCUT2D eigenvalue weighted by molar-refractivity contribution is 7.80. The molecule has 0 saturated carbocycles. The summed E-state index contributed by atoms with van der Waals surface area (Å²) in [6.07, 6.45) is 3.33. The van der Waals surface area contributed by atoms with Crippen molar-refractivity contribution in [1.29, 1.82) is 0 Å². The Morgan fingerprint density at radius 3 is 2.76 bits per heavy atom. The second-order valence-corrected chi connectivity index (χ2v) is 6.75. The van der Waals surface area contributed by atoms with Gasteiger partial charge in [0.05, 0.1) is 12.4 Å². The Balaban J connectivity index is 2.47. The Kier molecular flexibility index (Phi) is 6.39. The lowest BCUT2D eigenvalue weighted by atomic mass is 10.2. The van der Waals surface area contributed by atoms with Gasteiger partial charge >= 0.3 is 6.09 Å². The topological polar surface area (TPSA) is 57.2 Å². The molecule has 1 heterocycles. The number of nitrogens with one attached hydrogen (secondary N) is 1. The third kappa shape index (κ3) is 6.75. The number of hydrogen-bond acceptors (Lipinski definition) is 3. The number of likely N-dealkylation sites (tertiary alicyclic amines) is 1. The number of hydrogen-bond donors (Lipinski definition) is 1. The largest absolute Gasteiger partial charge is 0.444 e. The van der Waals surface area contributed by atoms with E-state index in [9.17, 15) is 4.79 Å². The predicted octanol–water partition coefficient (Wildman–Crippen LogP) is 1.85. The van der Waals surface area contributed by atoms with E-state index in [0.717, 1.165) is 19.4 Å². The van der Waals surface area contributed by atoms with Crippen LogP contribution in [0.2, 0.25) is 0 Å². The van der Waals surface area contributed by atoms with Gasteiger partial charge in [-0.3, -0.25) is 0 Å². The number of nitrogens with zero attached hydrogens (tertiary/aromatic N) is 3. The number of aliphatic imine (C=N–C) groups is 1. The van der Waals surface area contributed by atoms with Crippen LogP contribution in [0.4, 0.5) is 4.79 Å². The minimum atomic E-state index is -0.469. The molecular formula is C14H26N4O2S. The highest BCUT2D eigenvalue weighted by Gasteiger charge is 2.31. The molecule has 0 aliphatic carbocycles. The maximum absolute atomic E-state index is 12.1. The minimum Gasteiger partial charge on any atom is -0.444 e. The van der Waals surface area contributed by atoms with E-state index in [-0.39, 0.29) is 12.1 Å². The molecule has 0 radical (unpaired) electrons. The molecule has 120 valence electrons. The van der Waals surface area contributed by atoms with Crippen molar-refractivity contribution >= 4 is 29.8 Å². The van der Waals surface area contributed by atoms with Crippen molar-refractivity contribution in [2.24, 2.45) is 4.99 Å². The van der Waals surface area contributed by atoms with Gasteiger partial charge in [-0.05, 0) is 45.8 Å². The van der Waals surface area contributed by atoms with Crippen molar-refractivity contribution in [3.05, 3.63) is 0 Å². The fourth-order valence-corrected chi connectivity index (χ4v) is 2.16. The first-order chi connectivity index (χ1) is 9.69. The van der Waals surface area contributed by atoms with Crippen LogP contribution in [-0.4, -0.2) is 66.2 Å². The van der Waals surface area contributed by atoms with Gasteiger partial charge in [-0.2, -0.15) is 0 Å². The van der Waals surface area contributed by atoms with Gasteiger partial charge in [-0.25, -0.2) is 9.79 Å². The molecule has 1 aliphatic heterocycles. The number of carbonyl (C=O) groups excluding carboxylic acids is 1. The summed E-state index contributed by atoms with van der Waals surface area (Å²) >= 11 is 5.13. The summed E-state index contributed by atoms with van der Waals surface area (Å²) in [4.78, 5) is 19.8. The average Bonchev–Trinajstić information content (AvgIpc) is 2.80. The maximum Gasteiger partial charge on any atom is 0.410 e. The highest BCUT2D eigenvalue weighted by Crippen LogP contribution is 2.20. The van der Waals surface area contributed by atoms with E-state index in [1.54, 1.807) is 11.2 Å². The van der Waals surface area contributed by atoms with Gasteiger partial charge in [0.1, 0.15) is 5.60 Å². The third-order valence-corrected chi connectivity index (χ3v) is 3.15. The summed E-state index contributed by atoms with van der Waals surface area (Å²) in [5, 5.41) is 3.52. The van der Waals surface area contributed by atoms with Gasteiger partial charge in [0.25, 0.3) is 0 Å². The van der Waals surface area contributed by atoms with Crippen LogP contribution in [0.1, 0.15) is 33.6 Å². The molecule has 0 aromatic heterocycles. The van der Waals surface area contributed by atoms with Crippen LogP contribution in [0.25, 0.3) is 0 Å². The van der Waals surface area contributed by atoms with E-state index in [1.807, 2.05) is 39.8 Å². The van der Waals surface area contributed by atoms with E-state index in [4.69, 9.17) is 17.0 Å². The lowest BCUT2D eigenvalue weighted by Crippen LogP contribution is -2.44. The summed E-state index contributed by atoms with van der Waals surface area (Å²) < 4.78 is 5.43. The quantitative estimate of drug-likeness (QED) is 0.489. The van der Waals surface area contributed by atoms with E-state index < -0.39 is 5.60 Å². The molecule has 1 unspecified atom stereocenters. The number of amides is 1. The monoisotopic (exact) mass is 314 g/mol. The predicted molar refractivity (Wildman–Crippen MR) is 88.7 cm³/mol. The number of carbonyl (C=O) groups is 1. The molecule has 1 amide bonds. The van der Waals surface area contributed by atoms with E-state index in [1.165, 1.54) is 0 Å². The summed E-state index contributed by atoms with van der Waals surface area (Å²) in [7, 11) is 3.76. The Bertz CT molecular complexity index is 404. The summed E-state index contributed by atoms with van der Waals surface area (Å²) in [6.45, 7) is 6.95. The molecule has 1 saturated heterocycles. The lowest BCUT2D eigenvalue weighted by Gasteiger charge is -2.28. The summed E-state index contributed by atoms with van der Waals surface area (Å²) in [5.41, 5.74) is -0.469. The first-order valence-electron chi connectivity index (χ1n) is 7.17. The Hall–Kier alpha value is -1.37. The zero-order valence-electron chi connectivity index (χ0n) is 13.5. The van der Waals surface area contributed by atoms with E-state index >= 15 is 0 Å². The zero-order chi connectivity index (χ0) is 16.0. The van der Waals surface area contributed by atoms with Crippen LogP contribution in [-0.2, 0) is 4.74 Å². The summed E-state index contributed by atoms with van der Waals surface area (Å²) in [6, 6.07) is 0.104. The molecule has 1 fully saturated rings.